The van der Waals surface area contributed by atoms with Crippen LogP contribution in [0, 0.1) is 12.7 Å². The van der Waals surface area contributed by atoms with E-state index in [1.165, 1.54) is 6.07 Å². The molecule has 1 atom stereocenters. The van der Waals surface area contributed by atoms with E-state index in [4.69, 9.17) is 9.47 Å². The summed E-state index contributed by atoms with van der Waals surface area (Å²) < 4.78 is 25.3. The number of halogens is 1. The van der Waals surface area contributed by atoms with Crippen LogP contribution in [-0.2, 0) is 9.59 Å². The highest BCUT2D eigenvalue weighted by atomic mass is 19.1. The lowest BCUT2D eigenvalue weighted by atomic mass is 10.2. The monoisotopic (exact) mass is 413 g/mol. The van der Waals surface area contributed by atoms with Crippen LogP contribution in [-0.4, -0.2) is 67.0 Å². The van der Waals surface area contributed by atoms with Crippen molar-refractivity contribution < 1.29 is 23.5 Å². The zero-order valence-corrected chi connectivity index (χ0v) is 16.8. The number of nitrogens with one attached hydrogen (secondary N) is 1. The van der Waals surface area contributed by atoms with Gasteiger partial charge in [0.1, 0.15) is 12.4 Å². The molecule has 1 N–H and O–H groups in total. The second-order valence-electron chi connectivity index (χ2n) is 7.50. The zero-order chi connectivity index (χ0) is 21.1. The number of fused-ring (bicyclic) bond motifs is 1. The summed E-state index contributed by atoms with van der Waals surface area (Å²) in [6, 6.07) is 12.0. The molecule has 158 valence electrons. The van der Waals surface area contributed by atoms with Crippen LogP contribution in [0.3, 0.4) is 0 Å². The van der Waals surface area contributed by atoms with E-state index in [9.17, 15) is 14.0 Å². The fourth-order valence-electron chi connectivity index (χ4n) is 3.59. The number of aryl methyl sites for hydroxylation is 1. The minimum absolute atomic E-state index is 0.115. The van der Waals surface area contributed by atoms with Gasteiger partial charge in [0.15, 0.2) is 11.5 Å². The summed E-state index contributed by atoms with van der Waals surface area (Å²) >= 11 is 0. The molecule has 1 fully saturated rings. The van der Waals surface area contributed by atoms with E-state index in [1.54, 1.807) is 30.0 Å². The van der Waals surface area contributed by atoms with Gasteiger partial charge in [-0.15, -0.1) is 0 Å². The largest absolute Gasteiger partial charge is 0.485 e. The van der Waals surface area contributed by atoms with Gasteiger partial charge in [0, 0.05) is 26.2 Å². The van der Waals surface area contributed by atoms with Gasteiger partial charge in [-0.25, -0.2) is 4.39 Å². The van der Waals surface area contributed by atoms with E-state index in [-0.39, 0.29) is 30.7 Å². The molecule has 0 saturated carbocycles. The number of para-hydroxylation sites is 2. The van der Waals surface area contributed by atoms with Crippen LogP contribution >= 0.6 is 0 Å². The number of rotatable bonds is 4. The Kier molecular flexibility index (Phi) is 5.85. The maximum Gasteiger partial charge on any atom is 0.267 e. The van der Waals surface area contributed by atoms with Crippen LogP contribution in [0.5, 0.6) is 11.5 Å². The summed E-state index contributed by atoms with van der Waals surface area (Å²) in [5.74, 6) is 0.367. The summed E-state index contributed by atoms with van der Waals surface area (Å²) in [7, 11) is 0. The smallest absolute Gasteiger partial charge is 0.267 e. The van der Waals surface area contributed by atoms with Crippen LogP contribution in [0.4, 0.5) is 10.1 Å². The number of nitrogens with zero attached hydrogens (tertiary/aromatic N) is 2. The van der Waals surface area contributed by atoms with Crippen molar-refractivity contribution in [3.8, 4) is 11.5 Å². The fraction of sp³-hybridized carbons (Fsp3) is 0.364. The van der Waals surface area contributed by atoms with Crippen LogP contribution in [0.25, 0.3) is 0 Å². The van der Waals surface area contributed by atoms with E-state index in [2.05, 4.69) is 5.32 Å². The normalized spacial score (nSPS) is 18.7. The van der Waals surface area contributed by atoms with Gasteiger partial charge in [0.25, 0.3) is 5.91 Å². The third kappa shape index (κ3) is 4.54. The average molecular weight is 413 g/mol. The van der Waals surface area contributed by atoms with Crippen molar-refractivity contribution >= 4 is 17.5 Å². The minimum atomic E-state index is -0.667. The molecule has 1 saturated heterocycles. The number of ether oxygens (including phenoxy) is 2. The molecular formula is C22H24FN3O4. The van der Waals surface area contributed by atoms with Gasteiger partial charge in [-0.1, -0.05) is 18.2 Å². The molecule has 0 radical (unpaired) electrons. The van der Waals surface area contributed by atoms with Crippen LogP contribution in [0.15, 0.2) is 42.5 Å². The second-order valence-corrected chi connectivity index (χ2v) is 7.50. The average Bonchev–Trinajstić information content (AvgIpc) is 2.75. The molecule has 7 nitrogen and oxygen atoms in total. The Balaban J connectivity index is 1.25. The molecule has 2 heterocycles. The lowest BCUT2D eigenvalue weighted by molar-refractivity contribution is -0.143. The standard InChI is InChI=1S/C22H24FN3O4/c1-15-6-7-17(16(23)12-15)24-21(27)13-25-8-10-26(11-9-25)22(28)20-14-29-18-4-2-3-5-19(18)30-20/h2-7,12,20H,8-11,13-14H2,1H3,(H,24,27)/t20-/m0/s1. The molecule has 0 aromatic heterocycles. The predicted molar refractivity (Wildman–Crippen MR) is 109 cm³/mol. The lowest BCUT2D eigenvalue weighted by Crippen LogP contribution is -2.54. The number of carbonyl (C=O) groups is 2. The van der Waals surface area contributed by atoms with Gasteiger partial charge in [-0.2, -0.15) is 0 Å². The number of piperazine rings is 1. The van der Waals surface area contributed by atoms with Crippen LogP contribution < -0.4 is 14.8 Å². The quantitative estimate of drug-likeness (QED) is 0.831. The van der Waals surface area contributed by atoms with E-state index >= 15 is 0 Å². The second kappa shape index (κ2) is 8.71. The molecule has 0 spiro atoms. The molecule has 2 aromatic carbocycles. The van der Waals surface area contributed by atoms with Crippen molar-refractivity contribution in [3.63, 3.8) is 0 Å². The summed E-state index contributed by atoms with van der Waals surface area (Å²) in [5.41, 5.74) is 0.969. The SMILES string of the molecule is Cc1ccc(NC(=O)CN2CCN(C(=O)[C@@H]3COc4ccccc4O3)CC2)c(F)c1. The molecule has 4 rings (SSSR count). The molecule has 0 unspecified atom stereocenters. The van der Waals surface area contributed by atoms with Gasteiger partial charge in [-0.3, -0.25) is 14.5 Å². The number of amides is 2. The van der Waals surface area contributed by atoms with Crippen molar-refractivity contribution in [2.75, 3.05) is 44.6 Å². The van der Waals surface area contributed by atoms with E-state index < -0.39 is 11.9 Å². The Hall–Kier alpha value is -3.13. The van der Waals surface area contributed by atoms with Gasteiger partial charge in [0.05, 0.1) is 12.2 Å². The van der Waals surface area contributed by atoms with Crippen LogP contribution in [0.2, 0.25) is 0 Å². The van der Waals surface area contributed by atoms with Crippen molar-refractivity contribution in [2.45, 2.75) is 13.0 Å². The predicted octanol–water partition coefficient (Wildman–Crippen LogP) is 2.06. The van der Waals surface area contributed by atoms with Crippen molar-refractivity contribution in [3.05, 3.63) is 53.8 Å². The number of benzene rings is 2. The first-order valence-corrected chi connectivity index (χ1v) is 9.95. The number of hydrogen-bond donors (Lipinski definition) is 1. The van der Waals surface area contributed by atoms with Crippen LogP contribution in [0.1, 0.15) is 5.56 Å². The highest BCUT2D eigenvalue weighted by Gasteiger charge is 2.32. The molecule has 8 heteroatoms. The summed E-state index contributed by atoms with van der Waals surface area (Å²) in [5, 5.41) is 2.61. The summed E-state index contributed by atoms with van der Waals surface area (Å²) in [4.78, 5) is 28.7. The van der Waals surface area contributed by atoms with Gasteiger partial charge < -0.3 is 19.7 Å². The van der Waals surface area contributed by atoms with Crippen molar-refractivity contribution in [1.29, 1.82) is 0 Å². The highest BCUT2D eigenvalue weighted by molar-refractivity contribution is 5.92. The summed E-state index contributed by atoms with van der Waals surface area (Å²) in [6.07, 6.45) is -0.667. The van der Waals surface area contributed by atoms with E-state index in [0.29, 0.717) is 37.7 Å². The maximum absolute atomic E-state index is 13.9. The zero-order valence-electron chi connectivity index (χ0n) is 16.8. The van der Waals surface area contributed by atoms with Gasteiger partial charge in [0.2, 0.25) is 12.0 Å². The van der Waals surface area contributed by atoms with E-state index in [1.807, 2.05) is 23.1 Å². The molecule has 2 aliphatic rings. The lowest BCUT2D eigenvalue weighted by Gasteiger charge is -2.36. The van der Waals surface area contributed by atoms with Crippen molar-refractivity contribution in [2.24, 2.45) is 0 Å². The number of hydrogen-bond acceptors (Lipinski definition) is 5. The highest BCUT2D eigenvalue weighted by Crippen LogP contribution is 2.31. The third-order valence-electron chi connectivity index (χ3n) is 5.23. The first-order valence-electron chi connectivity index (χ1n) is 9.95. The topological polar surface area (TPSA) is 71.1 Å². The van der Waals surface area contributed by atoms with Gasteiger partial charge >= 0.3 is 0 Å². The third-order valence-corrected chi connectivity index (χ3v) is 5.23. The Morgan fingerprint density at radius 2 is 1.83 bits per heavy atom. The van der Waals surface area contributed by atoms with E-state index in [0.717, 1.165) is 5.56 Å². The minimum Gasteiger partial charge on any atom is -0.485 e. The Bertz CT molecular complexity index is 944. The molecule has 0 bridgehead atoms. The van der Waals surface area contributed by atoms with Crippen molar-refractivity contribution in [1.82, 2.24) is 9.80 Å². The molecule has 0 aliphatic carbocycles. The Morgan fingerprint density at radius 3 is 2.57 bits per heavy atom. The Morgan fingerprint density at radius 1 is 1.10 bits per heavy atom. The Labute approximate surface area is 174 Å². The molecular weight excluding hydrogens is 389 g/mol. The number of carbonyl (C=O) groups excluding carboxylic acids is 2. The molecule has 30 heavy (non-hydrogen) atoms. The molecule has 2 aromatic rings. The molecule has 2 amide bonds. The summed E-state index contributed by atoms with van der Waals surface area (Å²) in [6.45, 7) is 4.21. The first kappa shape index (κ1) is 20.2. The first-order chi connectivity index (χ1) is 14.5. The maximum atomic E-state index is 13.9. The fourth-order valence-corrected chi connectivity index (χ4v) is 3.59. The molecule has 2 aliphatic heterocycles. The number of anilines is 1. The van der Waals surface area contributed by atoms with Gasteiger partial charge in [-0.05, 0) is 36.8 Å².